The second-order valence-electron chi connectivity index (χ2n) is 8.44. The first kappa shape index (κ1) is 24.3. The third-order valence-corrected chi connectivity index (χ3v) is 5.60. The molecule has 2 aromatic heterocycles. The van der Waals surface area contributed by atoms with Crippen LogP contribution in [-0.2, 0) is 0 Å². The average Bonchev–Trinajstić information content (AvgIpc) is 3.27. The van der Waals surface area contributed by atoms with E-state index in [0.717, 1.165) is 29.6 Å². The summed E-state index contributed by atoms with van der Waals surface area (Å²) in [4.78, 5) is 18.5. The largest absolute Gasteiger partial charge is 0.486 e. The number of hydrogen-bond donors (Lipinski definition) is 2. The molecular formula is C26H30FN6O2+. The highest BCUT2D eigenvalue weighted by Crippen LogP contribution is 2.28. The summed E-state index contributed by atoms with van der Waals surface area (Å²) in [7, 11) is 1.70. The monoisotopic (exact) mass is 477 g/mol. The molecule has 0 spiro atoms. The van der Waals surface area contributed by atoms with Crippen LogP contribution >= 0.6 is 0 Å². The van der Waals surface area contributed by atoms with Crippen LogP contribution in [0.3, 0.4) is 0 Å². The summed E-state index contributed by atoms with van der Waals surface area (Å²) in [5.74, 6) is 2.95. The third kappa shape index (κ3) is 6.83. The number of amidine groups is 1. The molecule has 1 aliphatic rings. The lowest BCUT2D eigenvalue weighted by Gasteiger charge is -2.13. The molecule has 182 valence electrons. The lowest BCUT2D eigenvalue weighted by atomic mass is 10.2. The van der Waals surface area contributed by atoms with E-state index in [0.29, 0.717) is 48.6 Å². The van der Waals surface area contributed by atoms with E-state index in [1.165, 1.54) is 11.2 Å². The number of fused-ring (bicyclic) bond motifs is 1. The van der Waals surface area contributed by atoms with E-state index >= 15 is 0 Å². The first-order valence-electron chi connectivity index (χ1n) is 11.6. The van der Waals surface area contributed by atoms with Gasteiger partial charge in [0.15, 0.2) is 6.17 Å². The van der Waals surface area contributed by atoms with Crippen LogP contribution < -0.4 is 19.7 Å². The molecule has 1 fully saturated rings. The number of aliphatic imine (C=N–C) groups is 1. The van der Waals surface area contributed by atoms with Crippen LogP contribution in [0, 0.1) is 0 Å². The Labute approximate surface area is 204 Å². The minimum atomic E-state index is -0.684. The van der Waals surface area contributed by atoms with Crippen molar-refractivity contribution < 1.29 is 18.8 Å². The van der Waals surface area contributed by atoms with Crippen molar-refractivity contribution in [3.05, 3.63) is 67.2 Å². The number of nitrogens with zero attached hydrogens (tertiary/aromatic N) is 4. The molecule has 35 heavy (non-hydrogen) atoms. The van der Waals surface area contributed by atoms with Crippen LogP contribution in [0.4, 0.5) is 10.2 Å². The van der Waals surface area contributed by atoms with Gasteiger partial charge in [-0.3, -0.25) is 4.99 Å². The van der Waals surface area contributed by atoms with Crippen molar-refractivity contribution in [1.82, 2.24) is 15.0 Å². The molecule has 4 rings (SSSR count). The van der Waals surface area contributed by atoms with Gasteiger partial charge in [0, 0.05) is 24.9 Å². The maximum atomic E-state index is 13.3. The van der Waals surface area contributed by atoms with Crippen molar-refractivity contribution in [2.45, 2.75) is 19.5 Å². The minimum absolute atomic E-state index is 0.439. The maximum absolute atomic E-state index is 13.3. The summed E-state index contributed by atoms with van der Waals surface area (Å²) in [5, 5.41) is 4.02. The van der Waals surface area contributed by atoms with Gasteiger partial charge >= 0.3 is 0 Å². The molecule has 1 aromatic carbocycles. The normalized spacial score (nSPS) is 18.2. The number of halogens is 1. The van der Waals surface area contributed by atoms with E-state index in [-0.39, 0.29) is 0 Å². The van der Waals surface area contributed by atoms with Gasteiger partial charge < -0.3 is 19.7 Å². The summed E-state index contributed by atoms with van der Waals surface area (Å²) in [6.07, 6.45) is 6.80. The summed E-state index contributed by atoms with van der Waals surface area (Å²) >= 11 is 0. The fraction of sp³-hybridized carbons (Fsp3) is 0.308. The SMILES string of the molecule is C=C(C)C=CC(=NC)Nc1ncnc2ccc(Oc3ccc(OCC[NH+]4CCC(F)C4)cn3)cc12. The molecule has 2 unspecified atom stereocenters. The molecule has 9 heteroatoms. The number of hydrogen-bond acceptors (Lipinski definition) is 6. The summed E-state index contributed by atoms with van der Waals surface area (Å²) in [6, 6.07) is 9.12. The lowest BCUT2D eigenvalue weighted by molar-refractivity contribution is -0.888. The number of nitrogens with one attached hydrogen (secondary N) is 2. The first-order valence-corrected chi connectivity index (χ1v) is 11.6. The van der Waals surface area contributed by atoms with E-state index < -0.39 is 6.17 Å². The molecule has 0 aliphatic carbocycles. The van der Waals surface area contributed by atoms with Gasteiger partial charge in [0.2, 0.25) is 5.88 Å². The van der Waals surface area contributed by atoms with Crippen LogP contribution in [0.5, 0.6) is 17.4 Å². The highest BCUT2D eigenvalue weighted by Gasteiger charge is 2.25. The smallest absolute Gasteiger partial charge is 0.219 e. The Hall–Kier alpha value is -3.85. The predicted molar refractivity (Wildman–Crippen MR) is 135 cm³/mol. The number of benzene rings is 1. The van der Waals surface area contributed by atoms with Gasteiger partial charge in [-0.2, -0.15) is 0 Å². The van der Waals surface area contributed by atoms with E-state index in [1.54, 1.807) is 19.3 Å². The molecule has 8 nitrogen and oxygen atoms in total. The number of allylic oxidation sites excluding steroid dienone is 2. The Morgan fingerprint density at radius 1 is 1.23 bits per heavy atom. The van der Waals surface area contributed by atoms with Crippen molar-refractivity contribution in [2.75, 3.05) is 38.6 Å². The van der Waals surface area contributed by atoms with Crippen molar-refractivity contribution >= 4 is 22.6 Å². The molecule has 2 atom stereocenters. The van der Waals surface area contributed by atoms with E-state index in [9.17, 15) is 4.39 Å². The molecular weight excluding hydrogens is 447 g/mol. The first-order chi connectivity index (χ1) is 17.0. The quantitative estimate of drug-likeness (QED) is 0.279. The fourth-order valence-corrected chi connectivity index (χ4v) is 3.77. The number of aromatic nitrogens is 3. The van der Waals surface area contributed by atoms with E-state index in [2.05, 4.69) is 31.8 Å². The second-order valence-corrected chi connectivity index (χ2v) is 8.44. The summed E-state index contributed by atoms with van der Waals surface area (Å²) < 4.78 is 25.0. The number of alkyl halides is 1. The number of likely N-dealkylation sites (tertiary alicyclic amines) is 1. The molecule has 0 amide bonds. The van der Waals surface area contributed by atoms with Crippen LogP contribution in [0.25, 0.3) is 10.9 Å². The molecule has 2 N–H and O–H groups in total. The minimum Gasteiger partial charge on any atom is -0.486 e. The Balaban J connectivity index is 1.40. The standard InChI is InChI=1S/C26H29FN6O2/c1-18(2)4-8-24(28-3)32-26-22-14-20(5-7-23(22)30-17-31-26)35-25-9-6-21(15-29-25)34-13-12-33-11-10-19(27)16-33/h4-9,14-15,17,19H,1,10-13,16H2,2-3H3,(H,28,30,31,32)/p+1. The topological polar surface area (TPSA) is 86.0 Å². The van der Waals surface area contributed by atoms with Crippen LogP contribution in [0.2, 0.25) is 0 Å². The van der Waals surface area contributed by atoms with Gasteiger partial charge in [0.25, 0.3) is 0 Å². The number of quaternary nitrogens is 1. The molecule has 1 saturated heterocycles. The van der Waals surface area contributed by atoms with Gasteiger partial charge in [0.05, 0.1) is 18.3 Å². The molecule has 3 aromatic rings. The third-order valence-electron chi connectivity index (χ3n) is 5.60. The van der Waals surface area contributed by atoms with Gasteiger partial charge in [-0.05, 0) is 37.3 Å². The molecule has 1 aliphatic heterocycles. The Kier molecular flexibility index (Phi) is 7.99. The second kappa shape index (κ2) is 11.5. The van der Waals surface area contributed by atoms with Gasteiger partial charge in [0.1, 0.15) is 49.2 Å². The van der Waals surface area contributed by atoms with Crippen molar-refractivity contribution in [3.8, 4) is 17.4 Å². The number of anilines is 1. The van der Waals surface area contributed by atoms with Gasteiger partial charge in [-0.15, -0.1) is 0 Å². The maximum Gasteiger partial charge on any atom is 0.219 e. The number of rotatable bonds is 9. The predicted octanol–water partition coefficient (Wildman–Crippen LogP) is 3.40. The van der Waals surface area contributed by atoms with Crippen LogP contribution in [0.1, 0.15) is 13.3 Å². The zero-order valence-corrected chi connectivity index (χ0v) is 20.0. The van der Waals surface area contributed by atoms with Crippen molar-refractivity contribution in [2.24, 2.45) is 4.99 Å². The van der Waals surface area contributed by atoms with Crippen molar-refractivity contribution in [3.63, 3.8) is 0 Å². The van der Waals surface area contributed by atoms with Gasteiger partial charge in [-0.25, -0.2) is 19.3 Å². The molecule has 0 bridgehead atoms. The van der Waals surface area contributed by atoms with Crippen molar-refractivity contribution in [1.29, 1.82) is 0 Å². The van der Waals surface area contributed by atoms with E-state index in [4.69, 9.17) is 9.47 Å². The number of ether oxygens (including phenoxy) is 2. The Morgan fingerprint density at radius 2 is 2.09 bits per heavy atom. The molecule has 0 radical (unpaired) electrons. The number of pyridine rings is 1. The Morgan fingerprint density at radius 3 is 2.80 bits per heavy atom. The fourth-order valence-electron chi connectivity index (χ4n) is 3.77. The lowest BCUT2D eigenvalue weighted by Crippen LogP contribution is -3.11. The summed E-state index contributed by atoms with van der Waals surface area (Å²) in [5.41, 5.74) is 1.69. The average molecular weight is 478 g/mol. The van der Waals surface area contributed by atoms with Crippen LogP contribution in [0.15, 0.2) is 72.2 Å². The molecule has 3 heterocycles. The van der Waals surface area contributed by atoms with Gasteiger partial charge in [-0.1, -0.05) is 18.2 Å². The van der Waals surface area contributed by atoms with Crippen LogP contribution in [-0.4, -0.2) is 60.2 Å². The van der Waals surface area contributed by atoms with E-state index in [1.807, 2.05) is 43.3 Å². The Bertz CT molecular complexity index is 1230. The molecule has 0 saturated carbocycles. The highest BCUT2D eigenvalue weighted by atomic mass is 19.1. The zero-order chi connectivity index (χ0) is 24.6. The zero-order valence-electron chi connectivity index (χ0n) is 20.0. The highest BCUT2D eigenvalue weighted by molar-refractivity contribution is 6.07. The summed E-state index contributed by atoms with van der Waals surface area (Å²) in [6.45, 7) is 8.52.